The van der Waals surface area contributed by atoms with Crippen LogP contribution in [-0.4, -0.2) is 34.6 Å². The monoisotopic (exact) mass is 363 g/mol. The highest BCUT2D eigenvalue weighted by Crippen LogP contribution is 2.33. The number of alkyl halides is 3. The highest BCUT2D eigenvalue weighted by molar-refractivity contribution is 5.67. The molecule has 2 atom stereocenters. The van der Waals surface area contributed by atoms with Gasteiger partial charge in [-0.2, -0.15) is 13.2 Å². The topological polar surface area (TPSA) is 78.8 Å². The Morgan fingerprint density at radius 2 is 1.84 bits per heavy atom. The molecule has 0 aromatic heterocycles. The molecular weight excluding hydrogens is 339 g/mol. The molecule has 0 aliphatic heterocycles. The molecule has 0 saturated heterocycles. The summed E-state index contributed by atoms with van der Waals surface area (Å²) in [6, 6.07) is 2.99. The van der Waals surface area contributed by atoms with E-state index in [1.807, 2.05) is 0 Å². The van der Waals surface area contributed by atoms with Gasteiger partial charge < -0.3 is 20.3 Å². The van der Waals surface area contributed by atoms with Crippen LogP contribution in [0.5, 0.6) is 0 Å². The van der Waals surface area contributed by atoms with E-state index in [2.05, 4.69) is 5.32 Å². The van der Waals surface area contributed by atoms with Crippen molar-refractivity contribution in [2.24, 2.45) is 0 Å². The smallest absolute Gasteiger partial charge is 0.416 e. The van der Waals surface area contributed by atoms with E-state index in [4.69, 9.17) is 4.74 Å². The second-order valence-electron chi connectivity index (χ2n) is 6.80. The van der Waals surface area contributed by atoms with Gasteiger partial charge in [-0.3, -0.25) is 0 Å². The summed E-state index contributed by atoms with van der Waals surface area (Å²) in [5, 5.41) is 22.6. The maximum Gasteiger partial charge on any atom is 0.416 e. The Bertz CT molecular complexity index is 597. The number of alkyl carbamates (subject to hydrolysis) is 1. The van der Waals surface area contributed by atoms with Gasteiger partial charge in [-0.05, 0) is 57.4 Å². The van der Waals surface area contributed by atoms with E-state index in [1.54, 1.807) is 27.7 Å². The Hall–Kier alpha value is -1.80. The lowest BCUT2D eigenvalue weighted by atomic mass is 9.95. The third-order valence-electron chi connectivity index (χ3n) is 3.40. The quantitative estimate of drug-likeness (QED) is 0.750. The second-order valence-corrected chi connectivity index (χ2v) is 6.80. The minimum atomic E-state index is -4.54. The lowest BCUT2D eigenvalue weighted by Crippen LogP contribution is -2.34. The minimum absolute atomic E-state index is 0.000377. The SMILES string of the molecule is Cc1ccc(C(F)(F)F)cc1C(O)C(O)CCNC(=O)OC(C)(C)C. The molecule has 0 aliphatic rings. The molecule has 1 rings (SSSR count). The molecule has 25 heavy (non-hydrogen) atoms. The van der Waals surface area contributed by atoms with Crippen LogP contribution in [0.3, 0.4) is 0 Å². The molecule has 2 unspecified atom stereocenters. The van der Waals surface area contributed by atoms with Gasteiger partial charge in [0.2, 0.25) is 0 Å². The van der Waals surface area contributed by atoms with E-state index in [-0.39, 0.29) is 18.5 Å². The molecule has 5 nitrogen and oxygen atoms in total. The third kappa shape index (κ3) is 6.91. The van der Waals surface area contributed by atoms with Gasteiger partial charge in [0.15, 0.2) is 0 Å². The fourth-order valence-electron chi connectivity index (χ4n) is 2.14. The first kappa shape index (κ1) is 21.2. The Balaban J connectivity index is 2.68. The Kier molecular flexibility index (Phi) is 6.84. The van der Waals surface area contributed by atoms with Crippen molar-refractivity contribution in [2.45, 2.75) is 58.1 Å². The molecule has 0 saturated carbocycles. The summed E-state index contributed by atoms with van der Waals surface area (Å²) < 4.78 is 43.4. The van der Waals surface area contributed by atoms with E-state index in [1.165, 1.54) is 6.07 Å². The zero-order valence-electron chi connectivity index (χ0n) is 14.6. The fraction of sp³-hybridized carbons (Fsp3) is 0.588. The summed E-state index contributed by atoms with van der Waals surface area (Å²) in [5.41, 5.74) is -1.14. The van der Waals surface area contributed by atoms with Crippen molar-refractivity contribution >= 4 is 6.09 Å². The maximum atomic E-state index is 12.8. The van der Waals surface area contributed by atoms with Crippen LogP contribution in [0.2, 0.25) is 0 Å². The maximum absolute atomic E-state index is 12.8. The van der Waals surface area contributed by atoms with Crippen molar-refractivity contribution < 1.29 is 32.9 Å². The van der Waals surface area contributed by atoms with Gasteiger partial charge in [0.25, 0.3) is 0 Å². The largest absolute Gasteiger partial charge is 0.444 e. The number of benzene rings is 1. The molecule has 0 heterocycles. The number of aliphatic hydroxyl groups is 2. The van der Waals surface area contributed by atoms with Crippen LogP contribution < -0.4 is 5.32 Å². The third-order valence-corrected chi connectivity index (χ3v) is 3.40. The predicted octanol–water partition coefficient (Wildman–Crippen LogP) is 3.32. The number of rotatable bonds is 5. The standard InChI is InChI=1S/C17H24F3NO4/c1-10-5-6-11(17(18,19)20)9-12(10)14(23)13(22)7-8-21-15(24)25-16(2,3)4/h5-6,9,13-14,22-23H,7-8H2,1-4H3,(H,21,24). The van der Waals surface area contributed by atoms with Crippen LogP contribution in [-0.2, 0) is 10.9 Å². The first-order chi connectivity index (χ1) is 11.3. The van der Waals surface area contributed by atoms with Crippen molar-refractivity contribution in [2.75, 3.05) is 6.54 Å². The second kappa shape index (κ2) is 8.05. The molecule has 142 valence electrons. The van der Waals surface area contributed by atoms with Crippen LogP contribution in [0.15, 0.2) is 18.2 Å². The summed E-state index contributed by atoms with van der Waals surface area (Å²) >= 11 is 0. The van der Waals surface area contributed by atoms with Crippen molar-refractivity contribution in [3.05, 3.63) is 34.9 Å². The first-order valence-electron chi connectivity index (χ1n) is 7.82. The molecule has 8 heteroatoms. The Labute approximate surface area is 144 Å². The van der Waals surface area contributed by atoms with E-state index < -0.39 is 35.6 Å². The number of halogens is 3. The van der Waals surface area contributed by atoms with Gasteiger partial charge in [-0.25, -0.2) is 4.79 Å². The molecule has 0 spiro atoms. The van der Waals surface area contributed by atoms with Gasteiger partial charge in [-0.15, -0.1) is 0 Å². The number of nitrogens with one attached hydrogen (secondary N) is 1. The number of amides is 1. The van der Waals surface area contributed by atoms with Crippen LogP contribution in [0, 0.1) is 6.92 Å². The zero-order valence-corrected chi connectivity index (χ0v) is 14.6. The number of hydrogen-bond acceptors (Lipinski definition) is 4. The molecule has 1 aromatic carbocycles. The van der Waals surface area contributed by atoms with Crippen LogP contribution in [0.4, 0.5) is 18.0 Å². The molecular formula is C17H24F3NO4. The van der Waals surface area contributed by atoms with Crippen molar-refractivity contribution in [1.82, 2.24) is 5.32 Å². The lowest BCUT2D eigenvalue weighted by molar-refractivity contribution is -0.137. The Morgan fingerprint density at radius 3 is 2.36 bits per heavy atom. The average Bonchev–Trinajstić information content (AvgIpc) is 2.43. The van der Waals surface area contributed by atoms with Gasteiger partial charge in [0.05, 0.1) is 11.7 Å². The van der Waals surface area contributed by atoms with Gasteiger partial charge in [0, 0.05) is 6.54 Å². The summed E-state index contributed by atoms with van der Waals surface area (Å²) in [6.07, 6.45) is -8.09. The molecule has 0 fully saturated rings. The molecule has 0 bridgehead atoms. The van der Waals surface area contributed by atoms with Crippen LogP contribution >= 0.6 is 0 Å². The molecule has 1 amide bonds. The number of carbonyl (C=O) groups is 1. The predicted molar refractivity (Wildman–Crippen MR) is 86.0 cm³/mol. The van der Waals surface area contributed by atoms with E-state index in [9.17, 15) is 28.2 Å². The zero-order chi connectivity index (χ0) is 19.4. The van der Waals surface area contributed by atoms with E-state index >= 15 is 0 Å². The van der Waals surface area contributed by atoms with Crippen LogP contribution in [0.25, 0.3) is 0 Å². The number of aliphatic hydroxyl groups excluding tert-OH is 2. The molecule has 1 aromatic rings. The van der Waals surface area contributed by atoms with Gasteiger partial charge in [-0.1, -0.05) is 6.07 Å². The number of hydrogen-bond donors (Lipinski definition) is 3. The van der Waals surface area contributed by atoms with Crippen molar-refractivity contribution in [3.63, 3.8) is 0 Å². The number of aryl methyl sites for hydroxylation is 1. The van der Waals surface area contributed by atoms with Crippen molar-refractivity contribution in [1.29, 1.82) is 0 Å². The molecule has 3 N–H and O–H groups in total. The highest BCUT2D eigenvalue weighted by Gasteiger charge is 2.32. The van der Waals surface area contributed by atoms with Crippen molar-refractivity contribution in [3.8, 4) is 0 Å². The van der Waals surface area contributed by atoms with Gasteiger partial charge in [0.1, 0.15) is 11.7 Å². The van der Waals surface area contributed by atoms with E-state index in [0.29, 0.717) is 5.56 Å². The lowest BCUT2D eigenvalue weighted by Gasteiger charge is -2.22. The minimum Gasteiger partial charge on any atom is -0.444 e. The average molecular weight is 363 g/mol. The highest BCUT2D eigenvalue weighted by atomic mass is 19.4. The molecule has 0 radical (unpaired) electrons. The summed E-state index contributed by atoms with van der Waals surface area (Å²) in [5.74, 6) is 0. The van der Waals surface area contributed by atoms with Crippen LogP contribution in [0.1, 0.15) is 50.0 Å². The number of ether oxygens (including phenoxy) is 1. The van der Waals surface area contributed by atoms with Gasteiger partial charge >= 0.3 is 12.3 Å². The first-order valence-corrected chi connectivity index (χ1v) is 7.82. The summed E-state index contributed by atoms with van der Waals surface area (Å²) in [4.78, 5) is 11.5. The molecule has 0 aliphatic carbocycles. The summed E-state index contributed by atoms with van der Waals surface area (Å²) in [7, 11) is 0. The van der Waals surface area contributed by atoms with E-state index in [0.717, 1.165) is 12.1 Å². The fourth-order valence-corrected chi connectivity index (χ4v) is 2.14. The number of carbonyl (C=O) groups excluding carboxylic acids is 1. The normalized spacial score (nSPS) is 14.8. The summed E-state index contributed by atoms with van der Waals surface area (Å²) in [6.45, 7) is 6.64. The Morgan fingerprint density at radius 1 is 1.24 bits per heavy atom.